The highest BCUT2D eigenvalue weighted by Gasteiger charge is 2.07. The molecule has 138 valence electrons. The summed E-state index contributed by atoms with van der Waals surface area (Å²) in [5, 5.41) is 6.77. The van der Waals surface area contributed by atoms with Crippen LogP contribution in [0, 0.1) is 5.82 Å². The van der Waals surface area contributed by atoms with Crippen molar-refractivity contribution in [3.05, 3.63) is 94.7 Å². The maximum Gasteiger partial charge on any atom is 0.255 e. The number of nitrogens with zero attached hydrogens (tertiary/aromatic N) is 1. The van der Waals surface area contributed by atoms with Crippen LogP contribution in [0.15, 0.2) is 77.7 Å². The van der Waals surface area contributed by atoms with Gasteiger partial charge in [0, 0.05) is 34.6 Å². The Morgan fingerprint density at radius 3 is 2.54 bits per heavy atom. The summed E-state index contributed by atoms with van der Waals surface area (Å²) in [6.45, 7) is 0. The van der Waals surface area contributed by atoms with Gasteiger partial charge < -0.3 is 15.6 Å². The number of hydrogen-bond acceptors (Lipinski definition) is 4. The van der Waals surface area contributed by atoms with Crippen LogP contribution in [0.1, 0.15) is 10.4 Å². The van der Waals surface area contributed by atoms with Gasteiger partial charge in [0.15, 0.2) is 0 Å². The van der Waals surface area contributed by atoms with Gasteiger partial charge in [-0.25, -0.2) is 9.37 Å². The molecule has 0 aliphatic heterocycles. The van der Waals surface area contributed by atoms with Crippen LogP contribution in [0.4, 0.5) is 21.5 Å². The van der Waals surface area contributed by atoms with E-state index in [1.165, 1.54) is 24.3 Å². The van der Waals surface area contributed by atoms with E-state index in [-0.39, 0.29) is 17.0 Å². The van der Waals surface area contributed by atoms with E-state index in [2.05, 4.69) is 20.6 Å². The van der Waals surface area contributed by atoms with Crippen molar-refractivity contribution in [1.29, 1.82) is 0 Å². The average molecular weight is 374 g/mol. The van der Waals surface area contributed by atoms with Crippen LogP contribution in [0.3, 0.4) is 0 Å². The SMILES string of the molecule is O=C(Nc1ccc(Nc2ccnc3[nH]c(=O)ccc23)cc1)c1cccc(F)c1. The van der Waals surface area contributed by atoms with Crippen LogP contribution >= 0.6 is 0 Å². The number of carbonyl (C=O) groups is 1. The average Bonchev–Trinajstić information content (AvgIpc) is 2.69. The van der Waals surface area contributed by atoms with E-state index in [9.17, 15) is 14.0 Å². The fourth-order valence-electron chi connectivity index (χ4n) is 2.79. The zero-order chi connectivity index (χ0) is 19.5. The van der Waals surface area contributed by atoms with Crippen LogP contribution in [0.5, 0.6) is 0 Å². The number of rotatable bonds is 4. The number of aromatic amines is 1. The zero-order valence-corrected chi connectivity index (χ0v) is 14.6. The molecule has 0 saturated carbocycles. The minimum absolute atomic E-state index is 0.212. The zero-order valence-electron chi connectivity index (χ0n) is 14.6. The van der Waals surface area contributed by atoms with Crippen LogP contribution in [-0.2, 0) is 0 Å². The van der Waals surface area contributed by atoms with Crippen LogP contribution in [0.25, 0.3) is 11.0 Å². The second-order valence-corrected chi connectivity index (χ2v) is 6.11. The van der Waals surface area contributed by atoms with Gasteiger partial charge in [0.25, 0.3) is 5.91 Å². The molecule has 0 aliphatic carbocycles. The number of aromatic nitrogens is 2. The highest BCUT2D eigenvalue weighted by atomic mass is 19.1. The Balaban J connectivity index is 1.51. The molecular formula is C21H15FN4O2. The van der Waals surface area contributed by atoms with Crippen LogP contribution in [0.2, 0.25) is 0 Å². The third kappa shape index (κ3) is 3.73. The summed E-state index contributed by atoms with van der Waals surface area (Å²) >= 11 is 0. The molecule has 7 heteroatoms. The van der Waals surface area contributed by atoms with E-state index in [1.54, 1.807) is 48.7 Å². The number of nitrogens with one attached hydrogen (secondary N) is 3. The molecule has 1 amide bonds. The quantitative estimate of drug-likeness (QED) is 0.503. The van der Waals surface area contributed by atoms with Crippen molar-refractivity contribution in [2.45, 2.75) is 0 Å². The smallest absolute Gasteiger partial charge is 0.255 e. The Kier molecular flexibility index (Phi) is 4.55. The highest BCUT2D eigenvalue weighted by molar-refractivity contribution is 6.04. The summed E-state index contributed by atoms with van der Waals surface area (Å²) in [7, 11) is 0. The normalized spacial score (nSPS) is 10.6. The third-order valence-corrected chi connectivity index (χ3v) is 4.14. The Bertz CT molecular complexity index is 1220. The predicted octanol–water partition coefficient (Wildman–Crippen LogP) is 4.06. The summed E-state index contributed by atoms with van der Waals surface area (Å²) in [6, 6.07) is 17.6. The van der Waals surface area contributed by atoms with E-state index in [4.69, 9.17) is 0 Å². The lowest BCUT2D eigenvalue weighted by molar-refractivity contribution is 0.102. The molecule has 3 N–H and O–H groups in total. The molecule has 28 heavy (non-hydrogen) atoms. The van der Waals surface area contributed by atoms with Crippen molar-refractivity contribution < 1.29 is 9.18 Å². The number of amides is 1. The number of anilines is 3. The molecule has 0 atom stereocenters. The molecule has 0 fully saturated rings. The summed E-state index contributed by atoms with van der Waals surface area (Å²) in [4.78, 5) is 30.5. The Labute approximate surface area is 159 Å². The highest BCUT2D eigenvalue weighted by Crippen LogP contribution is 2.24. The van der Waals surface area contributed by atoms with Gasteiger partial charge in [-0.05, 0) is 54.6 Å². The van der Waals surface area contributed by atoms with Gasteiger partial charge in [0.05, 0.1) is 5.69 Å². The molecule has 6 nitrogen and oxygen atoms in total. The number of pyridine rings is 2. The van der Waals surface area contributed by atoms with Gasteiger partial charge in [-0.15, -0.1) is 0 Å². The van der Waals surface area contributed by atoms with Crippen molar-refractivity contribution in [3.63, 3.8) is 0 Å². The maximum absolute atomic E-state index is 13.2. The number of fused-ring (bicyclic) bond motifs is 1. The number of H-pyrrole nitrogens is 1. The van der Waals surface area contributed by atoms with Gasteiger partial charge >= 0.3 is 0 Å². The first kappa shape index (κ1) is 17.4. The van der Waals surface area contributed by atoms with E-state index in [0.29, 0.717) is 11.3 Å². The number of benzene rings is 2. The van der Waals surface area contributed by atoms with E-state index >= 15 is 0 Å². The summed E-state index contributed by atoms with van der Waals surface area (Å²) in [6.07, 6.45) is 1.61. The molecule has 2 aromatic carbocycles. The molecular weight excluding hydrogens is 359 g/mol. The van der Waals surface area contributed by atoms with E-state index < -0.39 is 5.82 Å². The molecule has 0 radical (unpaired) electrons. The van der Waals surface area contributed by atoms with Crippen LogP contribution in [-0.4, -0.2) is 15.9 Å². The fourth-order valence-corrected chi connectivity index (χ4v) is 2.79. The molecule has 0 saturated heterocycles. The topological polar surface area (TPSA) is 86.9 Å². The molecule has 0 bridgehead atoms. The predicted molar refractivity (Wildman–Crippen MR) is 106 cm³/mol. The van der Waals surface area contributed by atoms with E-state index in [0.717, 1.165) is 16.8 Å². The first-order valence-electron chi connectivity index (χ1n) is 8.50. The minimum Gasteiger partial charge on any atom is -0.355 e. The molecule has 0 unspecified atom stereocenters. The van der Waals surface area contributed by atoms with Gasteiger partial charge in [0.1, 0.15) is 11.5 Å². The standard InChI is InChI=1S/C21H15FN4O2/c22-14-3-1-2-13(12-14)21(28)25-16-6-4-15(5-7-16)24-18-10-11-23-20-17(18)8-9-19(27)26-20/h1-12H,(H,25,28)(H2,23,24,26,27). The minimum atomic E-state index is -0.460. The number of halogens is 1. The van der Waals surface area contributed by atoms with Gasteiger partial charge in [-0.1, -0.05) is 6.07 Å². The summed E-state index contributed by atoms with van der Waals surface area (Å²) in [5.74, 6) is -0.845. The van der Waals surface area contributed by atoms with Crippen molar-refractivity contribution in [3.8, 4) is 0 Å². The lowest BCUT2D eigenvalue weighted by atomic mass is 10.2. The Hall–Kier alpha value is -4.00. The van der Waals surface area contributed by atoms with Gasteiger partial charge in [-0.2, -0.15) is 0 Å². The second-order valence-electron chi connectivity index (χ2n) is 6.11. The number of carbonyl (C=O) groups excluding carboxylic acids is 1. The molecule has 4 aromatic rings. The van der Waals surface area contributed by atoms with Crippen molar-refractivity contribution >= 4 is 34.0 Å². The lowest BCUT2D eigenvalue weighted by Gasteiger charge is -2.10. The van der Waals surface area contributed by atoms with E-state index in [1.807, 2.05) is 0 Å². The molecule has 0 spiro atoms. The maximum atomic E-state index is 13.2. The van der Waals surface area contributed by atoms with Crippen molar-refractivity contribution in [2.24, 2.45) is 0 Å². The first-order chi connectivity index (χ1) is 13.6. The lowest BCUT2D eigenvalue weighted by Crippen LogP contribution is -2.11. The van der Waals surface area contributed by atoms with Crippen LogP contribution < -0.4 is 16.2 Å². The number of hydrogen-bond donors (Lipinski definition) is 3. The Morgan fingerprint density at radius 1 is 0.964 bits per heavy atom. The largest absolute Gasteiger partial charge is 0.355 e. The van der Waals surface area contributed by atoms with Gasteiger partial charge in [-0.3, -0.25) is 9.59 Å². The fraction of sp³-hybridized carbons (Fsp3) is 0. The van der Waals surface area contributed by atoms with Crippen molar-refractivity contribution in [1.82, 2.24) is 9.97 Å². The van der Waals surface area contributed by atoms with Crippen molar-refractivity contribution in [2.75, 3.05) is 10.6 Å². The summed E-state index contributed by atoms with van der Waals surface area (Å²) in [5.41, 5.74) is 2.70. The van der Waals surface area contributed by atoms with Gasteiger partial charge in [0.2, 0.25) is 5.56 Å². The molecule has 2 heterocycles. The Morgan fingerprint density at radius 2 is 1.75 bits per heavy atom. The summed E-state index contributed by atoms with van der Waals surface area (Å²) < 4.78 is 13.2. The molecule has 0 aliphatic rings. The second kappa shape index (κ2) is 7.32. The molecule has 4 rings (SSSR count). The third-order valence-electron chi connectivity index (χ3n) is 4.14. The molecule has 2 aromatic heterocycles. The monoisotopic (exact) mass is 374 g/mol. The first-order valence-corrected chi connectivity index (χ1v) is 8.50.